The quantitative estimate of drug-likeness (QED) is 0.539. The Bertz CT molecular complexity index is 1090. The van der Waals surface area contributed by atoms with Crippen LogP contribution in [0.2, 0.25) is 0 Å². The van der Waals surface area contributed by atoms with Crippen LogP contribution in [-0.4, -0.2) is 57.9 Å². The number of para-hydroxylation sites is 1. The van der Waals surface area contributed by atoms with Gasteiger partial charge in [0.2, 0.25) is 5.82 Å². The smallest absolute Gasteiger partial charge is 0.258 e. The molecule has 3 N–H and O–H groups in total. The molecule has 0 radical (unpaired) electrons. The van der Waals surface area contributed by atoms with Crippen molar-refractivity contribution in [3.8, 4) is 0 Å². The topological polar surface area (TPSA) is 85.3 Å². The molecule has 1 fully saturated rings. The minimum atomic E-state index is -0.271. The predicted molar refractivity (Wildman–Crippen MR) is 116 cm³/mol. The zero-order chi connectivity index (χ0) is 21.5. The Balaban J connectivity index is 1.87. The van der Waals surface area contributed by atoms with Gasteiger partial charge in [-0.25, -0.2) is 4.68 Å². The van der Waals surface area contributed by atoms with Crippen molar-refractivity contribution in [3.05, 3.63) is 51.6 Å². The van der Waals surface area contributed by atoms with Crippen LogP contribution in [0.5, 0.6) is 0 Å². The van der Waals surface area contributed by atoms with E-state index in [1.165, 1.54) is 4.90 Å². The van der Waals surface area contributed by atoms with E-state index in [9.17, 15) is 4.79 Å². The fourth-order valence-electron chi connectivity index (χ4n) is 4.57. The third kappa shape index (κ3) is 3.77. The number of hydrogen-bond acceptors (Lipinski definition) is 4. The SMILES string of the molecule is CC[NH+]1CC[NH+]([C@H](c2cc3cccc(C)c3[nH]c2=O)c2nnnn2C(C)(C)C)CC1. The summed E-state index contributed by atoms with van der Waals surface area (Å²) in [7, 11) is 0. The summed E-state index contributed by atoms with van der Waals surface area (Å²) in [4.78, 5) is 19.4. The maximum absolute atomic E-state index is 13.3. The first-order chi connectivity index (χ1) is 14.3. The van der Waals surface area contributed by atoms with Gasteiger partial charge >= 0.3 is 0 Å². The highest BCUT2D eigenvalue weighted by Gasteiger charge is 2.38. The van der Waals surface area contributed by atoms with Crippen LogP contribution < -0.4 is 15.4 Å². The lowest BCUT2D eigenvalue weighted by Gasteiger charge is -2.34. The van der Waals surface area contributed by atoms with Gasteiger partial charge in [-0.15, -0.1) is 5.10 Å². The van der Waals surface area contributed by atoms with Gasteiger partial charge in [0.1, 0.15) is 26.2 Å². The highest BCUT2D eigenvalue weighted by Crippen LogP contribution is 2.23. The second kappa shape index (κ2) is 7.92. The number of pyridine rings is 1. The van der Waals surface area contributed by atoms with Gasteiger partial charge < -0.3 is 14.8 Å². The molecule has 0 saturated carbocycles. The fraction of sp³-hybridized carbons (Fsp3) is 0.545. The Morgan fingerprint density at radius 3 is 2.60 bits per heavy atom. The molecule has 30 heavy (non-hydrogen) atoms. The van der Waals surface area contributed by atoms with Crippen LogP contribution in [0.15, 0.2) is 29.1 Å². The Labute approximate surface area is 176 Å². The van der Waals surface area contributed by atoms with Gasteiger partial charge in [-0.05, 0) is 62.1 Å². The second-order valence-corrected chi connectivity index (χ2v) is 9.41. The molecule has 2 aromatic heterocycles. The lowest BCUT2D eigenvalue weighted by Crippen LogP contribution is -3.28. The molecule has 1 saturated heterocycles. The van der Waals surface area contributed by atoms with Crippen LogP contribution in [0.1, 0.15) is 50.7 Å². The summed E-state index contributed by atoms with van der Waals surface area (Å²) in [6.07, 6.45) is 0. The van der Waals surface area contributed by atoms with Crippen molar-refractivity contribution in [3.63, 3.8) is 0 Å². The molecule has 8 nitrogen and oxygen atoms in total. The Hall–Kier alpha value is -2.58. The number of hydrogen-bond donors (Lipinski definition) is 3. The summed E-state index contributed by atoms with van der Waals surface area (Å²) >= 11 is 0. The molecule has 0 aliphatic carbocycles. The highest BCUT2D eigenvalue weighted by atomic mass is 16.1. The molecular weight excluding hydrogens is 378 g/mol. The summed E-state index contributed by atoms with van der Waals surface area (Å²) in [5.74, 6) is 0.759. The Kier molecular flexibility index (Phi) is 5.46. The van der Waals surface area contributed by atoms with E-state index in [2.05, 4.69) is 54.3 Å². The fourth-order valence-corrected chi connectivity index (χ4v) is 4.57. The number of quaternary nitrogens is 2. The summed E-state index contributed by atoms with van der Waals surface area (Å²) in [6.45, 7) is 15.8. The molecular formula is C22H33N7O+2. The standard InChI is InChI=1S/C22H31N7O/c1-6-27-10-12-28(13-11-27)19(20-24-25-26-29(20)22(3,4)5)17-14-16-9-7-8-15(2)18(16)23-21(17)30/h7-9,14,19H,6,10-13H2,1-5H3,(H,23,30)/p+2/t19-/m1/s1. The van der Waals surface area contributed by atoms with Gasteiger partial charge in [-0.1, -0.05) is 18.2 Å². The van der Waals surface area contributed by atoms with Crippen LogP contribution in [0.3, 0.4) is 0 Å². The number of rotatable bonds is 4. The summed E-state index contributed by atoms with van der Waals surface area (Å²) < 4.78 is 1.88. The third-order valence-corrected chi connectivity index (χ3v) is 6.32. The molecule has 3 aromatic rings. The van der Waals surface area contributed by atoms with Crippen LogP contribution in [0, 0.1) is 6.92 Å². The van der Waals surface area contributed by atoms with Crippen molar-refractivity contribution in [2.45, 2.75) is 46.2 Å². The monoisotopic (exact) mass is 411 g/mol. The average Bonchev–Trinajstić information content (AvgIpc) is 3.20. The van der Waals surface area contributed by atoms with Gasteiger partial charge in [0.05, 0.1) is 23.2 Å². The van der Waals surface area contributed by atoms with Crippen LogP contribution in [0.4, 0.5) is 0 Å². The number of piperazine rings is 1. The van der Waals surface area contributed by atoms with E-state index in [1.807, 2.05) is 29.8 Å². The number of aromatic amines is 1. The van der Waals surface area contributed by atoms with Gasteiger partial charge in [0, 0.05) is 0 Å². The largest absolute Gasteiger partial charge is 0.326 e. The van der Waals surface area contributed by atoms with E-state index in [-0.39, 0.29) is 17.1 Å². The van der Waals surface area contributed by atoms with E-state index in [1.54, 1.807) is 4.90 Å². The Morgan fingerprint density at radius 2 is 1.93 bits per heavy atom. The minimum absolute atomic E-state index is 0.0528. The Morgan fingerprint density at radius 1 is 1.20 bits per heavy atom. The molecule has 0 bridgehead atoms. The maximum Gasteiger partial charge on any atom is 0.258 e. The van der Waals surface area contributed by atoms with Crippen molar-refractivity contribution in [1.82, 2.24) is 25.2 Å². The first-order valence-electron chi connectivity index (χ1n) is 10.9. The summed E-state index contributed by atoms with van der Waals surface area (Å²) in [6, 6.07) is 7.95. The van der Waals surface area contributed by atoms with Gasteiger partial charge in [0.25, 0.3) is 5.56 Å². The molecule has 0 amide bonds. The summed E-state index contributed by atoms with van der Waals surface area (Å²) in [5, 5.41) is 13.8. The van der Waals surface area contributed by atoms with Gasteiger partial charge in [-0.2, -0.15) is 0 Å². The van der Waals surface area contributed by atoms with E-state index in [4.69, 9.17) is 0 Å². The molecule has 3 heterocycles. The van der Waals surface area contributed by atoms with E-state index in [0.717, 1.165) is 60.6 Å². The number of aromatic nitrogens is 5. The zero-order valence-corrected chi connectivity index (χ0v) is 18.6. The minimum Gasteiger partial charge on any atom is -0.326 e. The predicted octanol–water partition coefficient (Wildman–Crippen LogP) is -0.529. The molecule has 1 aromatic carbocycles. The number of likely N-dealkylation sites (N-methyl/N-ethyl adjacent to an activating group) is 1. The molecule has 1 aliphatic heterocycles. The number of tetrazole rings is 1. The van der Waals surface area contributed by atoms with Gasteiger partial charge in [-0.3, -0.25) is 4.79 Å². The zero-order valence-electron chi connectivity index (χ0n) is 18.6. The van der Waals surface area contributed by atoms with E-state index in [0.29, 0.717) is 0 Å². The summed E-state index contributed by atoms with van der Waals surface area (Å²) in [5.41, 5.74) is 2.38. The average molecular weight is 412 g/mol. The number of H-pyrrole nitrogens is 1. The molecule has 160 valence electrons. The first kappa shape index (κ1) is 20.7. The normalized spacial score (nSPS) is 21.1. The highest BCUT2D eigenvalue weighted by molar-refractivity contribution is 5.82. The van der Waals surface area contributed by atoms with Gasteiger partial charge in [0.15, 0.2) is 6.04 Å². The molecule has 0 spiro atoms. The number of benzene rings is 1. The number of aryl methyl sites for hydroxylation is 1. The number of nitrogens with one attached hydrogen (secondary N) is 3. The lowest BCUT2D eigenvalue weighted by molar-refractivity contribution is -1.02. The number of nitrogens with zero attached hydrogens (tertiary/aromatic N) is 4. The van der Waals surface area contributed by atoms with Crippen LogP contribution in [-0.2, 0) is 5.54 Å². The second-order valence-electron chi connectivity index (χ2n) is 9.41. The molecule has 1 atom stereocenters. The van der Waals surface area contributed by atoms with Crippen LogP contribution in [0.25, 0.3) is 10.9 Å². The molecule has 1 aliphatic rings. The van der Waals surface area contributed by atoms with Crippen molar-refractivity contribution >= 4 is 10.9 Å². The van der Waals surface area contributed by atoms with Crippen molar-refractivity contribution in [1.29, 1.82) is 0 Å². The van der Waals surface area contributed by atoms with E-state index >= 15 is 0 Å². The first-order valence-corrected chi connectivity index (χ1v) is 10.9. The van der Waals surface area contributed by atoms with Crippen LogP contribution >= 0.6 is 0 Å². The number of fused-ring (bicyclic) bond motifs is 1. The maximum atomic E-state index is 13.3. The molecule has 8 heteroatoms. The third-order valence-electron chi connectivity index (χ3n) is 6.32. The van der Waals surface area contributed by atoms with Crippen molar-refractivity contribution in [2.75, 3.05) is 32.7 Å². The van der Waals surface area contributed by atoms with Crippen molar-refractivity contribution < 1.29 is 9.80 Å². The molecule has 4 rings (SSSR count). The van der Waals surface area contributed by atoms with Crippen molar-refractivity contribution in [2.24, 2.45) is 0 Å². The molecule has 0 unspecified atom stereocenters. The lowest BCUT2D eigenvalue weighted by atomic mass is 10.0. The van der Waals surface area contributed by atoms with E-state index < -0.39 is 0 Å².